The minimum absolute atomic E-state index is 0.244. The Labute approximate surface area is 166 Å². The third-order valence-electron chi connectivity index (χ3n) is 5.79. The molecule has 1 aromatic carbocycles. The van der Waals surface area contributed by atoms with Crippen LogP contribution in [0.1, 0.15) is 43.2 Å². The number of para-hydroxylation sites is 1. The number of anilines is 2. The molecular formula is C18H18ClN7O2. The fraction of sp³-hybridized carbons (Fsp3) is 0.389. The Hall–Kier alpha value is -2.78. The Morgan fingerprint density at radius 2 is 2.04 bits per heavy atom. The lowest BCUT2D eigenvalue weighted by Crippen LogP contribution is -2.46. The van der Waals surface area contributed by atoms with E-state index in [1.807, 2.05) is 23.3 Å². The van der Waals surface area contributed by atoms with Crippen molar-refractivity contribution in [2.24, 2.45) is 4.99 Å². The van der Waals surface area contributed by atoms with Gasteiger partial charge in [-0.15, -0.1) is 0 Å². The summed E-state index contributed by atoms with van der Waals surface area (Å²) in [7, 11) is 0. The molecule has 0 bridgehead atoms. The van der Waals surface area contributed by atoms with Crippen LogP contribution in [0.5, 0.6) is 0 Å². The summed E-state index contributed by atoms with van der Waals surface area (Å²) in [4.78, 5) is 11.3. The van der Waals surface area contributed by atoms with Gasteiger partial charge in [0.15, 0.2) is 6.17 Å². The molecule has 6 rings (SSSR count). The van der Waals surface area contributed by atoms with Crippen molar-refractivity contribution in [3.05, 3.63) is 47.7 Å². The highest BCUT2D eigenvalue weighted by Crippen LogP contribution is 2.47. The smallest absolute Gasteiger partial charge is 0.348 e. The number of hydrogen-bond donors (Lipinski definition) is 1. The van der Waals surface area contributed by atoms with Gasteiger partial charge in [-0.1, -0.05) is 23.4 Å². The van der Waals surface area contributed by atoms with E-state index in [0.717, 1.165) is 29.9 Å². The van der Waals surface area contributed by atoms with Gasteiger partial charge in [0.1, 0.15) is 24.4 Å². The van der Waals surface area contributed by atoms with Crippen molar-refractivity contribution in [2.45, 2.75) is 37.5 Å². The maximum Gasteiger partial charge on any atom is 0.348 e. The normalized spacial score (nSPS) is 24.5. The van der Waals surface area contributed by atoms with Crippen molar-refractivity contribution < 1.29 is 9.63 Å². The average molecular weight is 400 g/mol. The van der Waals surface area contributed by atoms with Gasteiger partial charge in [0, 0.05) is 17.3 Å². The van der Waals surface area contributed by atoms with Crippen LogP contribution in [0, 0.1) is 0 Å². The van der Waals surface area contributed by atoms with Crippen molar-refractivity contribution in [3.63, 3.8) is 0 Å². The zero-order valence-electron chi connectivity index (χ0n) is 14.9. The van der Waals surface area contributed by atoms with Crippen molar-refractivity contribution in [2.75, 3.05) is 16.6 Å². The molecule has 144 valence electrons. The number of aliphatic imine (C=N–C) groups is 1. The molecule has 28 heavy (non-hydrogen) atoms. The quantitative estimate of drug-likeness (QED) is 0.771. The van der Waals surface area contributed by atoms with E-state index in [2.05, 4.69) is 32.2 Å². The first-order valence-electron chi connectivity index (χ1n) is 9.33. The molecule has 0 spiro atoms. The van der Waals surface area contributed by atoms with Crippen LogP contribution in [-0.2, 0) is 5.60 Å². The summed E-state index contributed by atoms with van der Waals surface area (Å²) in [5.74, 6) is 1.21. The number of fused-ring (bicyclic) bond motifs is 6. The third-order valence-corrected chi connectivity index (χ3v) is 5.99. The Balaban J connectivity index is 1.41. The summed E-state index contributed by atoms with van der Waals surface area (Å²) in [5.41, 5.74) is 1.14. The first-order chi connectivity index (χ1) is 13.6. The van der Waals surface area contributed by atoms with Crippen LogP contribution in [0.15, 0.2) is 45.8 Å². The van der Waals surface area contributed by atoms with Gasteiger partial charge in [0.05, 0.1) is 11.9 Å². The van der Waals surface area contributed by atoms with Gasteiger partial charge < -0.3 is 14.5 Å². The highest BCUT2D eigenvalue weighted by Gasteiger charge is 2.46. The van der Waals surface area contributed by atoms with Crippen LogP contribution in [0.2, 0.25) is 0 Å². The van der Waals surface area contributed by atoms with E-state index in [0.29, 0.717) is 25.3 Å². The predicted molar refractivity (Wildman–Crippen MR) is 102 cm³/mol. The lowest BCUT2D eigenvalue weighted by molar-refractivity contribution is 0.0328. The van der Waals surface area contributed by atoms with Crippen LogP contribution in [0.25, 0.3) is 0 Å². The lowest BCUT2D eigenvalue weighted by atomic mass is 10.0. The molecule has 4 heterocycles. The fourth-order valence-electron chi connectivity index (χ4n) is 4.41. The summed E-state index contributed by atoms with van der Waals surface area (Å²) in [6.07, 6.45) is 6.52. The molecule has 0 saturated heterocycles. The minimum atomic E-state index is -1.00. The molecule has 1 saturated carbocycles. The molecule has 1 aliphatic carbocycles. The second kappa shape index (κ2) is 5.62. The molecule has 0 amide bonds. The maximum atomic E-state index is 10.8. The largest absolute Gasteiger partial charge is 0.382 e. The SMILES string of the molecule is OC1(c2noc(N3C=NC4c5ccccc5N5CN(Cl)C=C5N43)n2)CCCC1. The van der Waals surface area contributed by atoms with E-state index in [1.165, 1.54) is 0 Å². The first kappa shape index (κ1) is 16.2. The van der Waals surface area contributed by atoms with E-state index in [1.54, 1.807) is 15.8 Å². The predicted octanol–water partition coefficient (Wildman–Crippen LogP) is 2.64. The Morgan fingerprint density at radius 1 is 1.21 bits per heavy atom. The summed E-state index contributed by atoms with van der Waals surface area (Å²) >= 11 is 6.29. The molecule has 1 fully saturated rings. The van der Waals surface area contributed by atoms with Gasteiger partial charge in [-0.25, -0.2) is 10.0 Å². The van der Waals surface area contributed by atoms with Crippen molar-refractivity contribution in [1.82, 2.24) is 19.6 Å². The van der Waals surface area contributed by atoms with E-state index in [9.17, 15) is 5.11 Å². The molecule has 1 N–H and O–H groups in total. The number of aromatic nitrogens is 2. The van der Waals surface area contributed by atoms with Crippen LogP contribution in [-0.4, -0.2) is 37.7 Å². The van der Waals surface area contributed by atoms with Crippen LogP contribution >= 0.6 is 11.8 Å². The van der Waals surface area contributed by atoms with Crippen molar-refractivity contribution >= 4 is 29.8 Å². The highest BCUT2D eigenvalue weighted by atomic mass is 35.5. The van der Waals surface area contributed by atoms with Crippen molar-refractivity contribution in [3.8, 4) is 0 Å². The van der Waals surface area contributed by atoms with Gasteiger partial charge in [-0.3, -0.25) is 4.42 Å². The topological polar surface area (TPSA) is 84.5 Å². The van der Waals surface area contributed by atoms with E-state index < -0.39 is 5.60 Å². The molecular weight excluding hydrogens is 382 g/mol. The molecule has 0 radical (unpaired) electrons. The summed E-state index contributed by atoms with van der Waals surface area (Å²) in [5, 5.41) is 18.5. The number of benzene rings is 1. The van der Waals surface area contributed by atoms with Gasteiger partial charge >= 0.3 is 6.01 Å². The lowest BCUT2D eigenvalue weighted by Gasteiger charge is -2.41. The second-order valence-corrected chi connectivity index (χ2v) is 7.92. The third kappa shape index (κ3) is 2.14. The summed E-state index contributed by atoms with van der Waals surface area (Å²) < 4.78 is 7.12. The number of halogens is 1. The molecule has 3 aliphatic heterocycles. The minimum Gasteiger partial charge on any atom is -0.382 e. The number of hydrogen-bond acceptors (Lipinski definition) is 9. The van der Waals surface area contributed by atoms with Crippen molar-refractivity contribution in [1.29, 1.82) is 0 Å². The van der Waals surface area contributed by atoms with Gasteiger partial charge in [-0.05, 0) is 31.7 Å². The average Bonchev–Trinajstić information content (AvgIpc) is 3.46. The Morgan fingerprint density at radius 3 is 2.89 bits per heavy atom. The number of hydrazine groups is 1. The highest BCUT2D eigenvalue weighted by molar-refractivity contribution is 6.14. The van der Waals surface area contributed by atoms with Crippen LogP contribution in [0.4, 0.5) is 11.7 Å². The van der Waals surface area contributed by atoms with Crippen LogP contribution in [0.3, 0.4) is 0 Å². The monoisotopic (exact) mass is 399 g/mol. The van der Waals surface area contributed by atoms with Gasteiger partial charge in [0.25, 0.3) is 0 Å². The standard InChI is InChI=1S/C18H18ClN7O2/c19-23-9-14-24(11-23)13-6-2-1-5-12(13)15-20-10-25(26(14)15)17-21-16(22-28-17)18(27)7-3-4-8-18/h1-2,5-6,9-10,15,27H,3-4,7-8,11H2. The molecule has 1 aromatic heterocycles. The van der Waals surface area contributed by atoms with E-state index in [4.69, 9.17) is 16.3 Å². The molecule has 1 atom stereocenters. The first-order valence-corrected chi connectivity index (χ1v) is 9.67. The number of nitrogens with zero attached hydrogens (tertiary/aromatic N) is 7. The molecule has 1 unspecified atom stereocenters. The maximum absolute atomic E-state index is 10.8. The molecule has 4 aliphatic rings. The summed E-state index contributed by atoms with van der Waals surface area (Å²) in [6, 6.07) is 8.40. The number of rotatable bonds is 2. The van der Waals surface area contributed by atoms with E-state index in [-0.39, 0.29) is 12.2 Å². The Bertz CT molecular complexity index is 999. The molecule has 2 aromatic rings. The molecule has 9 nitrogen and oxygen atoms in total. The fourth-order valence-corrected chi connectivity index (χ4v) is 4.60. The number of aliphatic hydroxyl groups is 1. The Kier molecular flexibility index (Phi) is 3.25. The van der Waals surface area contributed by atoms with E-state index >= 15 is 0 Å². The summed E-state index contributed by atoms with van der Waals surface area (Å²) in [6.45, 7) is 0.528. The van der Waals surface area contributed by atoms with Gasteiger partial charge in [-0.2, -0.15) is 9.99 Å². The second-order valence-electron chi connectivity index (χ2n) is 7.48. The zero-order chi connectivity index (χ0) is 18.9. The van der Waals surface area contributed by atoms with Crippen LogP contribution < -0.4 is 9.91 Å². The zero-order valence-corrected chi connectivity index (χ0v) is 15.7. The van der Waals surface area contributed by atoms with Gasteiger partial charge in [0.2, 0.25) is 5.82 Å². The molecule has 10 heteroatoms.